The lowest BCUT2D eigenvalue weighted by atomic mass is 10.2. The number of hydrogen-bond acceptors (Lipinski definition) is 2. The van der Waals surface area contributed by atoms with Crippen LogP contribution in [0.5, 0.6) is 0 Å². The summed E-state index contributed by atoms with van der Waals surface area (Å²) in [6, 6.07) is 11.8. The first-order chi connectivity index (χ1) is 8.54. The highest BCUT2D eigenvalue weighted by molar-refractivity contribution is 7.84. The molecule has 0 saturated carbocycles. The van der Waals surface area contributed by atoms with E-state index in [1.165, 1.54) is 12.1 Å². The molecule has 2 nitrogen and oxygen atoms in total. The SMILES string of the molecule is Cc1ccc(CS(=O)c2cc(N)cc(F)c2)cc1. The number of benzene rings is 2. The predicted octanol–water partition coefficient (Wildman–Crippen LogP) is 3.02. The molecule has 0 aromatic heterocycles. The Bertz CT molecular complexity index is 561. The molecule has 0 bridgehead atoms. The third kappa shape index (κ3) is 3.17. The highest BCUT2D eigenvalue weighted by Gasteiger charge is 2.07. The Morgan fingerprint density at radius 1 is 1.17 bits per heavy atom. The molecule has 0 aliphatic carbocycles. The van der Waals surface area contributed by atoms with Crippen LogP contribution in [0.1, 0.15) is 11.1 Å². The number of nitrogen functional groups attached to an aromatic ring is 1. The zero-order valence-corrected chi connectivity index (χ0v) is 10.8. The van der Waals surface area contributed by atoms with E-state index in [1.807, 2.05) is 31.2 Å². The lowest BCUT2D eigenvalue weighted by Gasteiger charge is -2.05. The van der Waals surface area contributed by atoms with Crippen LogP contribution in [0.15, 0.2) is 47.4 Å². The van der Waals surface area contributed by atoms with E-state index in [0.29, 0.717) is 16.3 Å². The molecule has 0 fully saturated rings. The van der Waals surface area contributed by atoms with Gasteiger partial charge in [-0.15, -0.1) is 0 Å². The van der Waals surface area contributed by atoms with Gasteiger partial charge >= 0.3 is 0 Å². The van der Waals surface area contributed by atoms with Crippen molar-refractivity contribution in [2.45, 2.75) is 17.6 Å². The molecular formula is C14H14FNOS. The molecule has 94 valence electrons. The third-order valence-corrected chi connectivity index (χ3v) is 3.93. The molecule has 2 N–H and O–H groups in total. The van der Waals surface area contributed by atoms with Crippen LogP contribution in [0.2, 0.25) is 0 Å². The molecule has 0 radical (unpaired) electrons. The van der Waals surface area contributed by atoms with Crippen molar-refractivity contribution in [3.63, 3.8) is 0 Å². The zero-order valence-electron chi connectivity index (χ0n) is 10.0. The number of nitrogens with two attached hydrogens (primary N) is 1. The highest BCUT2D eigenvalue weighted by Crippen LogP contribution is 2.17. The summed E-state index contributed by atoms with van der Waals surface area (Å²) < 4.78 is 25.3. The van der Waals surface area contributed by atoms with E-state index in [9.17, 15) is 8.60 Å². The van der Waals surface area contributed by atoms with Gasteiger partial charge < -0.3 is 5.73 Å². The van der Waals surface area contributed by atoms with Crippen molar-refractivity contribution in [1.82, 2.24) is 0 Å². The average molecular weight is 263 g/mol. The smallest absolute Gasteiger partial charge is 0.126 e. The van der Waals surface area contributed by atoms with Gasteiger partial charge in [0.05, 0.1) is 16.6 Å². The fourth-order valence-electron chi connectivity index (χ4n) is 1.63. The van der Waals surface area contributed by atoms with Gasteiger partial charge in [-0.25, -0.2) is 4.39 Å². The fraction of sp³-hybridized carbons (Fsp3) is 0.143. The minimum Gasteiger partial charge on any atom is -0.399 e. The molecule has 2 aromatic rings. The topological polar surface area (TPSA) is 43.1 Å². The van der Waals surface area contributed by atoms with E-state index in [2.05, 4.69) is 0 Å². The summed E-state index contributed by atoms with van der Waals surface area (Å²) in [5.41, 5.74) is 7.94. The van der Waals surface area contributed by atoms with Crippen LogP contribution >= 0.6 is 0 Å². The molecular weight excluding hydrogens is 249 g/mol. The standard InChI is InChI=1S/C14H14FNOS/c1-10-2-4-11(5-3-10)9-18(17)14-7-12(15)6-13(16)8-14/h2-8H,9,16H2,1H3. The quantitative estimate of drug-likeness (QED) is 0.865. The van der Waals surface area contributed by atoms with Gasteiger partial charge in [0.2, 0.25) is 0 Å². The highest BCUT2D eigenvalue weighted by atomic mass is 32.2. The molecule has 0 aliphatic heterocycles. The minimum absolute atomic E-state index is 0.294. The second-order valence-corrected chi connectivity index (χ2v) is 5.65. The van der Waals surface area contributed by atoms with Gasteiger partial charge in [-0.05, 0) is 30.7 Å². The van der Waals surface area contributed by atoms with Gasteiger partial charge in [0.25, 0.3) is 0 Å². The van der Waals surface area contributed by atoms with Crippen molar-refractivity contribution in [2.75, 3.05) is 5.73 Å². The summed E-state index contributed by atoms with van der Waals surface area (Å²) in [6.07, 6.45) is 0. The lowest BCUT2D eigenvalue weighted by Crippen LogP contribution is -1.99. The Balaban J connectivity index is 2.19. The van der Waals surface area contributed by atoms with E-state index >= 15 is 0 Å². The van der Waals surface area contributed by atoms with E-state index < -0.39 is 16.6 Å². The van der Waals surface area contributed by atoms with Crippen molar-refractivity contribution in [3.05, 3.63) is 59.4 Å². The van der Waals surface area contributed by atoms with Crippen molar-refractivity contribution in [3.8, 4) is 0 Å². The summed E-state index contributed by atoms with van der Waals surface area (Å²) in [4.78, 5) is 0.424. The van der Waals surface area contributed by atoms with Crippen LogP contribution in [0, 0.1) is 12.7 Å². The maximum absolute atomic E-state index is 13.2. The molecule has 1 unspecified atom stereocenters. The number of rotatable bonds is 3. The van der Waals surface area contributed by atoms with Crippen LogP contribution in [0.25, 0.3) is 0 Å². The Morgan fingerprint density at radius 2 is 1.83 bits per heavy atom. The van der Waals surface area contributed by atoms with E-state index in [4.69, 9.17) is 5.73 Å². The Labute approximate surface area is 108 Å². The van der Waals surface area contributed by atoms with Crippen LogP contribution in [-0.4, -0.2) is 4.21 Å². The minimum atomic E-state index is -1.28. The molecule has 0 amide bonds. The molecule has 1 atom stereocenters. The fourth-order valence-corrected chi connectivity index (χ4v) is 2.81. The van der Waals surface area contributed by atoms with E-state index in [0.717, 1.165) is 11.1 Å². The van der Waals surface area contributed by atoms with Crippen LogP contribution in [-0.2, 0) is 16.6 Å². The Morgan fingerprint density at radius 3 is 2.44 bits per heavy atom. The van der Waals surface area contributed by atoms with Crippen molar-refractivity contribution < 1.29 is 8.60 Å². The molecule has 2 rings (SSSR count). The molecule has 4 heteroatoms. The van der Waals surface area contributed by atoms with Crippen LogP contribution in [0.3, 0.4) is 0 Å². The van der Waals surface area contributed by atoms with Gasteiger partial charge in [-0.3, -0.25) is 4.21 Å². The Kier molecular flexibility index (Phi) is 3.77. The summed E-state index contributed by atoms with van der Waals surface area (Å²) in [5.74, 6) is -0.0920. The number of hydrogen-bond donors (Lipinski definition) is 1. The molecule has 18 heavy (non-hydrogen) atoms. The first kappa shape index (κ1) is 12.8. The van der Waals surface area contributed by atoms with Gasteiger partial charge in [-0.2, -0.15) is 0 Å². The summed E-state index contributed by atoms with van der Waals surface area (Å²) >= 11 is 0. The van der Waals surface area contributed by atoms with Crippen LogP contribution in [0.4, 0.5) is 10.1 Å². The lowest BCUT2D eigenvalue weighted by molar-refractivity contribution is 0.623. The van der Waals surface area contributed by atoms with Gasteiger partial charge in [-0.1, -0.05) is 29.8 Å². The normalized spacial score (nSPS) is 12.3. The van der Waals surface area contributed by atoms with E-state index in [1.54, 1.807) is 6.07 Å². The molecule has 2 aromatic carbocycles. The van der Waals surface area contributed by atoms with Crippen molar-refractivity contribution in [2.24, 2.45) is 0 Å². The molecule has 0 spiro atoms. The average Bonchev–Trinajstić information content (AvgIpc) is 2.31. The second-order valence-electron chi connectivity index (χ2n) is 4.20. The summed E-state index contributed by atoms with van der Waals surface area (Å²) in [7, 11) is -1.28. The predicted molar refractivity (Wildman–Crippen MR) is 72.1 cm³/mol. The van der Waals surface area contributed by atoms with Crippen molar-refractivity contribution in [1.29, 1.82) is 0 Å². The third-order valence-electron chi connectivity index (χ3n) is 2.57. The maximum atomic E-state index is 13.2. The molecule has 0 saturated heterocycles. The molecule has 0 aliphatic rings. The van der Waals surface area contributed by atoms with Gasteiger partial charge in [0.15, 0.2) is 0 Å². The van der Waals surface area contributed by atoms with Crippen molar-refractivity contribution >= 4 is 16.5 Å². The number of halogens is 1. The summed E-state index contributed by atoms with van der Waals surface area (Å²) in [5, 5.41) is 0. The van der Waals surface area contributed by atoms with E-state index in [-0.39, 0.29) is 0 Å². The first-order valence-electron chi connectivity index (χ1n) is 5.54. The number of anilines is 1. The maximum Gasteiger partial charge on any atom is 0.126 e. The van der Waals surface area contributed by atoms with Crippen LogP contribution < -0.4 is 5.73 Å². The number of aryl methyl sites for hydroxylation is 1. The Hall–Kier alpha value is -1.68. The zero-order chi connectivity index (χ0) is 13.1. The second kappa shape index (κ2) is 5.31. The van der Waals surface area contributed by atoms with Gasteiger partial charge in [0.1, 0.15) is 5.82 Å². The monoisotopic (exact) mass is 263 g/mol. The van der Waals surface area contributed by atoms with Gasteiger partial charge in [0, 0.05) is 10.6 Å². The first-order valence-corrected chi connectivity index (χ1v) is 6.86. The summed E-state index contributed by atoms with van der Waals surface area (Å²) in [6.45, 7) is 1.99. The molecule has 0 heterocycles. The largest absolute Gasteiger partial charge is 0.399 e.